The van der Waals surface area contributed by atoms with Gasteiger partial charge in [-0.3, -0.25) is 10.8 Å². The van der Waals surface area contributed by atoms with Gasteiger partial charge in [-0.2, -0.15) is 0 Å². The Labute approximate surface area is 109 Å². The number of halogens is 1. The maximum absolute atomic E-state index is 5.63. The molecule has 0 saturated carbocycles. The van der Waals surface area contributed by atoms with Gasteiger partial charge in [-0.25, -0.2) is 0 Å². The topological polar surface area (TPSA) is 50.9 Å². The lowest BCUT2D eigenvalue weighted by molar-refractivity contribution is 1.06. The molecule has 3 nitrogen and oxygen atoms in total. The molecule has 0 saturated heterocycles. The van der Waals surface area contributed by atoms with Crippen LogP contribution in [-0.4, -0.2) is 4.98 Å². The maximum atomic E-state index is 5.63. The number of fused-ring (bicyclic) bond motifs is 1. The number of nitrogens with two attached hydrogens (primary N) is 1. The van der Waals surface area contributed by atoms with Gasteiger partial charge in [-0.15, -0.1) is 0 Å². The summed E-state index contributed by atoms with van der Waals surface area (Å²) in [5.41, 5.74) is 7.08. The second kappa shape index (κ2) is 4.55. The van der Waals surface area contributed by atoms with Crippen molar-refractivity contribution in [1.82, 2.24) is 4.98 Å². The van der Waals surface area contributed by atoms with Crippen LogP contribution in [0.15, 0.2) is 18.2 Å². The van der Waals surface area contributed by atoms with Crippen LogP contribution in [0.3, 0.4) is 0 Å². The van der Waals surface area contributed by atoms with E-state index in [4.69, 9.17) is 5.84 Å². The molecule has 0 radical (unpaired) electrons. The van der Waals surface area contributed by atoms with Crippen molar-refractivity contribution in [3.8, 4) is 0 Å². The summed E-state index contributed by atoms with van der Waals surface area (Å²) in [4.78, 5) is 4.65. The zero-order valence-corrected chi connectivity index (χ0v) is 11.5. The molecule has 0 amide bonds. The van der Waals surface area contributed by atoms with Gasteiger partial charge in [0.2, 0.25) is 0 Å². The molecule has 0 spiro atoms. The Morgan fingerprint density at radius 2 is 2.19 bits per heavy atom. The Bertz CT molecular complexity index is 537. The summed E-state index contributed by atoms with van der Waals surface area (Å²) in [7, 11) is 0. The minimum Gasteiger partial charge on any atom is -0.323 e. The van der Waals surface area contributed by atoms with Crippen molar-refractivity contribution < 1.29 is 0 Å². The maximum Gasteiger partial charge on any atom is 0.0859 e. The van der Waals surface area contributed by atoms with Gasteiger partial charge >= 0.3 is 0 Å². The largest absolute Gasteiger partial charge is 0.323 e. The predicted octanol–water partition coefficient (Wildman–Crippen LogP) is 3.00. The molecule has 0 unspecified atom stereocenters. The molecular weight excluding hydrogens is 313 g/mol. The van der Waals surface area contributed by atoms with E-state index in [1.165, 1.54) is 5.56 Å². The van der Waals surface area contributed by atoms with Gasteiger partial charge in [0.05, 0.1) is 11.2 Å². The number of para-hydroxylation sites is 1. The van der Waals surface area contributed by atoms with E-state index in [0.29, 0.717) is 0 Å². The summed E-state index contributed by atoms with van der Waals surface area (Å²) in [6, 6.07) is 6.14. The normalized spacial score (nSPS) is 10.8. The van der Waals surface area contributed by atoms with Crippen LogP contribution < -0.4 is 11.3 Å². The second-order valence-corrected chi connectivity index (χ2v) is 4.85. The van der Waals surface area contributed by atoms with E-state index in [-0.39, 0.29) is 0 Å². The number of hydrogen-bond acceptors (Lipinski definition) is 3. The van der Waals surface area contributed by atoms with Crippen LogP contribution in [0, 0.1) is 10.5 Å². The number of hydrazine groups is 1. The molecule has 4 heteroatoms. The highest BCUT2D eigenvalue weighted by atomic mass is 127. The van der Waals surface area contributed by atoms with E-state index in [0.717, 1.165) is 32.3 Å². The molecule has 0 atom stereocenters. The highest BCUT2D eigenvalue weighted by molar-refractivity contribution is 14.1. The van der Waals surface area contributed by atoms with Crippen molar-refractivity contribution in [3.05, 3.63) is 33.0 Å². The first kappa shape index (κ1) is 11.6. The van der Waals surface area contributed by atoms with E-state index in [9.17, 15) is 0 Å². The Morgan fingerprint density at radius 3 is 2.81 bits per heavy atom. The molecule has 16 heavy (non-hydrogen) atoms. The molecular formula is C12H14IN3. The number of nitrogens with one attached hydrogen (secondary N) is 1. The first-order chi connectivity index (χ1) is 7.69. The summed E-state index contributed by atoms with van der Waals surface area (Å²) in [6.07, 6.45) is 0.930. The monoisotopic (exact) mass is 327 g/mol. The van der Waals surface area contributed by atoms with E-state index in [2.05, 4.69) is 52.1 Å². The molecule has 0 aliphatic heterocycles. The number of benzene rings is 1. The van der Waals surface area contributed by atoms with E-state index in [1.807, 2.05) is 13.0 Å². The van der Waals surface area contributed by atoms with Gasteiger partial charge in [-0.05, 0) is 47.6 Å². The number of aryl methyl sites for hydroxylation is 1. The minimum atomic E-state index is 0.930. The van der Waals surface area contributed by atoms with Crippen LogP contribution in [0.4, 0.5) is 5.69 Å². The summed E-state index contributed by atoms with van der Waals surface area (Å²) in [5.74, 6) is 5.63. The second-order valence-electron chi connectivity index (χ2n) is 3.68. The number of pyridine rings is 1. The third-order valence-corrected chi connectivity index (χ3v) is 3.64. The number of anilines is 1. The van der Waals surface area contributed by atoms with Crippen molar-refractivity contribution in [2.24, 2.45) is 5.84 Å². The molecule has 1 aromatic carbocycles. The van der Waals surface area contributed by atoms with Crippen molar-refractivity contribution >= 4 is 39.2 Å². The van der Waals surface area contributed by atoms with Crippen LogP contribution in [-0.2, 0) is 6.42 Å². The summed E-state index contributed by atoms with van der Waals surface area (Å²) >= 11 is 2.30. The first-order valence-electron chi connectivity index (χ1n) is 5.23. The highest BCUT2D eigenvalue weighted by Gasteiger charge is 2.11. The Kier molecular flexibility index (Phi) is 3.30. The zero-order valence-electron chi connectivity index (χ0n) is 9.34. The molecule has 0 aliphatic carbocycles. The van der Waals surface area contributed by atoms with E-state index < -0.39 is 0 Å². The lowest BCUT2D eigenvalue weighted by atomic mass is 10.0. The van der Waals surface area contributed by atoms with Crippen molar-refractivity contribution in [3.63, 3.8) is 0 Å². The first-order valence-corrected chi connectivity index (χ1v) is 6.31. The molecule has 0 bridgehead atoms. The highest BCUT2D eigenvalue weighted by Crippen LogP contribution is 2.30. The number of nitrogen functional groups attached to an aromatic ring is 1. The summed E-state index contributed by atoms with van der Waals surface area (Å²) < 4.78 is 1.15. The molecule has 1 heterocycles. The number of hydrogen-bond donors (Lipinski definition) is 2. The summed E-state index contributed by atoms with van der Waals surface area (Å²) in [6.45, 7) is 4.15. The summed E-state index contributed by atoms with van der Waals surface area (Å²) in [5, 5.41) is 1.09. The van der Waals surface area contributed by atoms with Gasteiger partial charge in [0.25, 0.3) is 0 Å². The lowest BCUT2D eigenvalue weighted by Crippen LogP contribution is -2.11. The molecule has 1 aromatic heterocycles. The minimum absolute atomic E-state index is 0.930. The molecule has 2 aromatic rings. The zero-order chi connectivity index (χ0) is 11.7. The van der Waals surface area contributed by atoms with Crippen molar-refractivity contribution in [2.75, 3.05) is 5.43 Å². The number of rotatable bonds is 2. The third kappa shape index (κ3) is 1.76. The van der Waals surface area contributed by atoms with Gasteiger partial charge in [0.15, 0.2) is 0 Å². The lowest BCUT2D eigenvalue weighted by Gasteiger charge is -2.14. The van der Waals surface area contributed by atoms with Crippen LogP contribution in [0.1, 0.15) is 18.2 Å². The van der Waals surface area contributed by atoms with Gasteiger partial charge in [0.1, 0.15) is 0 Å². The molecule has 2 rings (SSSR count). The third-order valence-electron chi connectivity index (χ3n) is 2.77. The molecule has 84 valence electrons. The number of nitrogens with zero attached hydrogens (tertiary/aromatic N) is 1. The standard InChI is InChI=1S/C12H14IN3/c1-3-8-7(2)15-12-9(11(8)16-14)5-4-6-10(12)13/h4-6H,3,14H2,1-2H3,(H,15,16). The smallest absolute Gasteiger partial charge is 0.0859 e. The van der Waals surface area contributed by atoms with Crippen LogP contribution in [0.25, 0.3) is 10.9 Å². The molecule has 3 N–H and O–H groups in total. The fourth-order valence-corrected chi connectivity index (χ4v) is 2.63. The van der Waals surface area contributed by atoms with E-state index >= 15 is 0 Å². The van der Waals surface area contributed by atoms with Gasteiger partial charge in [-0.1, -0.05) is 19.1 Å². The van der Waals surface area contributed by atoms with Gasteiger partial charge in [0, 0.05) is 14.7 Å². The molecule has 0 aliphatic rings. The van der Waals surface area contributed by atoms with Crippen LogP contribution in [0.2, 0.25) is 0 Å². The Hall–Kier alpha value is -0.880. The van der Waals surface area contributed by atoms with Crippen LogP contribution >= 0.6 is 22.6 Å². The Morgan fingerprint density at radius 1 is 1.44 bits per heavy atom. The number of aromatic nitrogens is 1. The Balaban J connectivity index is 2.90. The van der Waals surface area contributed by atoms with E-state index in [1.54, 1.807) is 0 Å². The fraction of sp³-hybridized carbons (Fsp3) is 0.250. The quantitative estimate of drug-likeness (QED) is 0.506. The van der Waals surface area contributed by atoms with Crippen LogP contribution in [0.5, 0.6) is 0 Å². The average Bonchev–Trinajstić information content (AvgIpc) is 2.28. The average molecular weight is 327 g/mol. The predicted molar refractivity (Wildman–Crippen MR) is 76.4 cm³/mol. The fourth-order valence-electron chi connectivity index (χ4n) is 2.01. The van der Waals surface area contributed by atoms with Gasteiger partial charge < -0.3 is 5.43 Å². The van der Waals surface area contributed by atoms with Crippen molar-refractivity contribution in [2.45, 2.75) is 20.3 Å². The SMILES string of the molecule is CCc1c(C)nc2c(I)cccc2c1NN. The van der Waals surface area contributed by atoms with Crippen molar-refractivity contribution in [1.29, 1.82) is 0 Å². The molecule has 0 fully saturated rings.